The summed E-state index contributed by atoms with van der Waals surface area (Å²) in [4.78, 5) is 12.1. The maximum Gasteiger partial charge on any atom is 0.517 e. The van der Waals surface area contributed by atoms with Crippen molar-refractivity contribution in [2.75, 3.05) is 25.5 Å². The fourth-order valence-electron chi connectivity index (χ4n) is 6.61. The molecule has 0 aromatic heterocycles. The van der Waals surface area contributed by atoms with Gasteiger partial charge in [0.15, 0.2) is 5.12 Å². The molecule has 0 aromatic carbocycles. The molecule has 2 unspecified atom stereocenters. The van der Waals surface area contributed by atoms with Crippen LogP contribution in [0.5, 0.6) is 0 Å². The van der Waals surface area contributed by atoms with Gasteiger partial charge in [-0.05, 0) is 38.0 Å². The molecule has 1 N–H and O–H groups in total. The topological polar surface area (TPSA) is 56.8 Å². The standard InChI is InChI=1S/C40H81NO4SSi/c1-4-7-10-12-14-16-17-18-19-20-21-22-23-24-26-28-31-39-33-35-44-47(45-41-38-39,37-30-36-46-40(42)32-9-6-3)43-34-29-27-25-15-13-11-8-5-2/h39,41H,4-38H2,1-3H3. The summed E-state index contributed by atoms with van der Waals surface area (Å²) in [6.45, 7) is 9.05. The Bertz CT molecular complexity index is 660. The summed E-state index contributed by atoms with van der Waals surface area (Å²) in [6, 6.07) is 0.787. The number of nitrogens with one attached hydrogen (secondary N) is 1. The Morgan fingerprint density at radius 3 is 1.68 bits per heavy atom. The van der Waals surface area contributed by atoms with E-state index in [4.69, 9.17) is 13.4 Å². The average Bonchev–Trinajstić information content (AvgIpc) is 3.06. The molecule has 1 fully saturated rings. The van der Waals surface area contributed by atoms with Crippen molar-refractivity contribution in [1.29, 1.82) is 0 Å². The molecule has 7 heteroatoms. The Labute approximate surface area is 299 Å². The summed E-state index contributed by atoms with van der Waals surface area (Å²) in [7, 11) is -2.79. The highest BCUT2D eigenvalue weighted by molar-refractivity contribution is 8.13. The summed E-state index contributed by atoms with van der Waals surface area (Å²) in [6.07, 6.45) is 38.9. The van der Waals surface area contributed by atoms with Gasteiger partial charge in [-0.3, -0.25) is 9.32 Å². The third-order valence-electron chi connectivity index (χ3n) is 9.86. The number of thioether (sulfide) groups is 1. The van der Waals surface area contributed by atoms with E-state index in [1.54, 1.807) is 0 Å². The largest absolute Gasteiger partial charge is 0.517 e. The molecule has 0 bridgehead atoms. The summed E-state index contributed by atoms with van der Waals surface area (Å²) in [5, 5.41) is 0.317. The van der Waals surface area contributed by atoms with E-state index in [9.17, 15) is 4.79 Å². The van der Waals surface area contributed by atoms with Crippen LogP contribution in [0.3, 0.4) is 0 Å². The molecule has 280 valence electrons. The van der Waals surface area contributed by atoms with Gasteiger partial charge in [0, 0.05) is 38.0 Å². The molecule has 0 saturated carbocycles. The number of unbranched alkanes of at least 4 members (excludes halogenated alkanes) is 23. The van der Waals surface area contributed by atoms with Crippen LogP contribution in [0, 0.1) is 5.92 Å². The Morgan fingerprint density at radius 2 is 1.15 bits per heavy atom. The van der Waals surface area contributed by atoms with Gasteiger partial charge in [-0.15, -0.1) is 0 Å². The lowest BCUT2D eigenvalue weighted by Crippen LogP contribution is -2.52. The highest BCUT2D eigenvalue weighted by Gasteiger charge is 2.42. The molecule has 0 aliphatic carbocycles. The van der Waals surface area contributed by atoms with Crippen LogP contribution in [-0.4, -0.2) is 39.4 Å². The summed E-state index contributed by atoms with van der Waals surface area (Å²) < 4.78 is 19.3. The fourth-order valence-corrected chi connectivity index (χ4v) is 10.1. The van der Waals surface area contributed by atoms with E-state index >= 15 is 0 Å². The minimum atomic E-state index is -2.79. The zero-order valence-electron chi connectivity index (χ0n) is 31.9. The van der Waals surface area contributed by atoms with E-state index < -0.39 is 8.80 Å². The first-order valence-corrected chi connectivity index (χ1v) is 23.9. The van der Waals surface area contributed by atoms with Gasteiger partial charge in [0.25, 0.3) is 0 Å². The third-order valence-corrected chi connectivity index (χ3v) is 13.6. The van der Waals surface area contributed by atoms with E-state index in [-0.39, 0.29) is 0 Å². The molecule has 0 spiro atoms. The van der Waals surface area contributed by atoms with Crippen molar-refractivity contribution in [2.24, 2.45) is 5.92 Å². The van der Waals surface area contributed by atoms with Crippen molar-refractivity contribution in [1.82, 2.24) is 5.48 Å². The van der Waals surface area contributed by atoms with E-state index in [0.29, 0.717) is 24.1 Å². The summed E-state index contributed by atoms with van der Waals surface area (Å²) >= 11 is 1.48. The van der Waals surface area contributed by atoms with Gasteiger partial charge >= 0.3 is 8.80 Å². The smallest absolute Gasteiger partial charge is 0.373 e. The highest BCUT2D eigenvalue weighted by atomic mass is 32.2. The second kappa shape index (κ2) is 34.5. The number of carbonyl (C=O) groups is 1. The Balaban J connectivity index is 2.22. The Hall–Kier alpha value is 0.0769. The molecule has 0 aromatic rings. The molecular weight excluding hydrogens is 619 g/mol. The molecule has 1 aliphatic rings. The maximum atomic E-state index is 12.1. The minimum Gasteiger partial charge on any atom is -0.373 e. The number of hydrogen-bond donors (Lipinski definition) is 1. The van der Waals surface area contributed by atoms with Gasteiger partial charge in [0.05, 0.1) is 0 Å². The Kier molecular flexibility index (Phi) is 33.1. The summed E-state index contributed by atoms with van der Waals surface area (Å²) in [5.41, 5.74) is 3.33. The first kappa shape index (κ1) is 45.1. The van der Waals surface area contributed by atoms with Gasteiger partial charge < -0.3 is 8.85 Å². The second-order valence-electron chi connectivity index (χ2n) is 14.5. The van der Waals surface area contributed by atoms with Crippen molar-refractivity contribution in [3.8, 4) is 0 Å². The molecule has 1 heterocycles. The third kappa shape index (κ3) is 28.5. The quantitative estimate of drug-likeness (QED) is 0.0533. The molecule has 1 rings (SSSR count). The minimum absolute atomic E-state index is 0.317. The van der Waals surface area contributed by atoms with Crippen LogP contribution >= 0.6 is 11.8 Å². The van der Waals surface area contributed by atoms with Gasteiger partial charge in [-0.25, -0.2) is 5.48 Å². The van der Waals surface area contributed by atoms with Crippen LogP contribution in [0.2, 0.25) is 6.04 Å². The van der Waals surface area contributed by atoms with Crippen molar-refractivity contribution >= 4 is 25.7 Å². The van der Waals surface area contributed by atoms with Crippen LogP contribution in [0.1, 0.15) is 213 Å². The average molecular weight is 700 g/mol. The van der Waals surface area contributed by atoms with Crippen LogP contribution in [0.4, 0.5) is 0 Å². The molecule has 0 radical (unpaired) electrons. The molecule has 47 heavy (non-hydrogen) atoms. The van der Waals surface area contributed by atoms with E-state index in [1.165, 1.54) is 166 Å². The van der Waals surface area contributed by atoms with Crippen molar-refractivity contribution in [2.45, 2.75) is 219 Å². The van der Waals surface area contributed by atoms with Gasteiger partial charge in [-0.1, -0.05) is 187 Å². The van der Waals surface area contributed by atoms with Gasteiger partial charge in [0.2, 0.25) is 0 Å². The number of hydrogen-bond acceptors (Lipinski definition) is 6. The van der Waals surface area contributed by atoms with Crippen LogP contribution in [-0.2, 0) is 18.2 Å². The fraction of sp³-hybridized carbons (Fsp3) is 0.975. The van der Waals surface area contributed by atoms with Crippen LogP contribution in [0.15, 0.2) is 0 Å². The number of hydroxylamine groups is 1. The lowest BCUT2D eigenvalue weighted by molar-refractivity contribution is -0.111. The maximum absolute atomic E-state index is 12.1. The lowest BCUT2D eigenvalue weighted by atomic mass is 9.97. The number of carbonyl (C=O) groups excluding carboxylic acids is 1. The first-order valence-electron chi connectivity index (χ1n) is 21.0. The SMILES string of the molecule is CCCCCCCCCCCCCCCCCCC1CCO[Si](CCCSC(=O)CCCC)(OCCCCCCCCCC)ONC1. The molecule has 5 nitrogen and oxygen atoms in total. The van der Waals surface area contributed by atoms with Crippen LogP contribution in [0.25, 0.3) is 0 Å². The molecule has 1 aliphatic heterocycles. The zero-order chi connectivity index (χ0) is 33.9. The molecule has 0 amide bonds. The number of rotatable bonds is 34. The molecular formula is C40H81NO4SSi. The summed E-state index contributed by atoms with van der Waals surface area (Å²) in [5.74, 6) is 1.43. The van der Waals surface area contributed by atoms with Crippen molar-refractivity contribution in [3.63, 3.8) is 0 Å². The van der Waals surface area contributed by atoms with Crippen molar-refractivity contribution in [3.05, 3.63) is 0 Å². The van der Waals surface area contributed by atoms with Crippen molar-refractivity contribution < 1.29 is 18.2 Å². The van der Waals surface area contributed by atoms with E-state index in [0.717, 1.165) is 57.1 Å². The normalized spacial score (nSPS) is 18.7. The van der Waals surface area contributed by atoms with E-state index in [1.807, 2.05) is 0 Å². The molecule has 2 atom stereocenters. The van der Waals surface area contributed by atoms with E-state index in [2.05, 4.69) is 26.3 Å². The molecule has 1 saturated heterocycles. The predicted octanol–water partition coefficient (Wildman–Crippen LogP) is 13.1. The van der Waals surface area contributed by atoms with Gasteiger partial charge in [-0.2, -0.15) is 0 Å². The monoisotopic (exact) mass is 700 g/mol. The van der Waals surface area contributed by atoms with Crippen LogP contribution < -0.4 is 5.48 Å². The first-order chi connectivity index (χ1) is 23.2. The Morgan fingerprint density at radius 1 is 0.660 bits per heavy atom. The van der Waals surface area contributed by atoms with Gasteiger partial charge in [0.1, 0.15) is 0 Å². The predicted molar refractivity (Wildman–Crippen MR) is 208 cm³/mol. The zero-order valence-corrected chi connectivity index (χ0v) is 33.7. The highest BCUT2D eigenvalue weighted by Crippen LogP contribution is 2.25. The second-order valence-corrected chi connectivity index (χ2v) is 18.3. The lowest BCUT2D eigenvalue weighted by Gasteiger charge is -2.33.